The minimum Gasteiger partial charge on any atom is -0.347 e. The first-order valence-corrected chi connectivity index (χ1v) is 11.7. The van der Waals surface area contributed by atoms with Crippen LogP contribution in [0.1, 0.15) is 16.1 Å². The van der Waals surface area contributed by atoms with Gasteiger partial charge in [-0.25, -0.2) is 13.1 Å². The Bertz CT molecular complexity index is 1170. The minimum atomic E-state index is -3.70. The second kappa shape index (κ2) is 7.88. The average molecular weight is 529 g/mol. The van der Waals surface area contributed by atoms with Crippen LogP contribution in [0.15, 0.2) is 48.5 Å². The molecular weight excluding hydrogens is 511 g/mol. The number of nitrogens with one attached hydrogen (secondary N) is 1. The molecule has 1 N–H and O–H groups in total. The first-order chi connectivity index (χ1) is 13.1. The van der Waals surface area contributed by atoms with Gasteiger partial charge in [-0.1, -0.05) is 35.9 Å². The van der Waals surface area contributed by atoms with Crippen molar-refractivity contribution < 1.29 is 13.2 Å². The van der Waals surface area contributed by atoms with Gasteiger partial charge in [-0.2, -0.15) is 0 Å². The van der Waals surface area contributed by atoms with Crippen LogP contribution >= 0.6 is 34.2 Å². The van der Waals surface area contributed by atoms with Crippen molar-refractivity contribution in [2.45, 2.75) is 6.92 Å². The summed E-state index contributed by atoms with van der Waals surface area (Å²) in [5, 5.41) is 0.612. The first kappa shape index (κ1) is 20.9. The summed E-state index contributed by atoms with van der Waals surface area (Å²) in [6, 6.07) is 15.1. The fraction of sp³-hybridized carbons (Fsp3) is 0.150. The second-order valence-electron chi connectivity index (χ2n) is 6.46. The molecule has 0 aliphatic heterocycles. The third-order valence-corrected chi connectivity index (χ3v) is 5.90. The van der Waals surface area contributed by atoms with E-state index in [4.69, 9.17) is 11.6 Å². The van der Waals surface area contributed by atoms with Crippen LogP contribution in [-0.2, 0) is 17.1 Å². The summed E-state index contributed by atoms with van der Waals surface area (Å²) in [5.41, 5.74) is 4.21. The van der Waals surface area contributed by atoms with Gasteiger partial charge >= 0.3 is 0 Å². The van der Waals surface area contributed by atoms with Crippen LogP contribution in [0.4, 0.5) is 0 Å². The summed E-state index contributed by atoms with van der Waals surface area (Å²) in [5.74, 6) is -0.648. The molecule has 0 aliphatic carbocycles. The Morgan fingerprint density at radius 2 is 1.75 bits per heavy atom. The van der Waals surface area contributed by atoms with Crippen LogP contribution in [0.25, 0.3) is 22.4 Å². The van der Waals surface area contributed by atoms with Crippen LogP contribution in [0.2, 0.25) is 5.02 Å². The van der Waals surface area contributed by atoms with E-state index in [1.807, 2.05) is 48.0 Å². The van der Waals surface area contributed by atoms with Gasteiger partial charge in [0, 0.05) is 26.9 Å². The molecule has 28 heavy (non-hydrogen) atoms. The number of hydrogen-bond donors (Lipinski definition) is 1. The van der Waals surface area contributed by atoms with E-state index in [2.05, 4.69) is 27.3 Å². The van der Waals surface area contributed by atoms with Crippen LogP contribution in [-0.4, -0.2) is 25.1 Å². The molecule has 1 aromatic heterocycles. The van der Waals surface area contributed by atoms with E-state index in [1.165, 1.54) is 0 Å². The molecule has 0 atom stereocenters. The number of rotatable bonds is 4. The molecular formula is C20H18ClIN2O3S. The van der Waals surface area contributed by atoms with Crippen LogP contribution in [0.5, 0.6) is 0 Å². The number of carbonyl (C=O) groups is 1. The highest BCUT2D eigenvalue weighted by atomic mass is 127. The molecule has 0 radical (unpaired) electrons. The molecule has 0 spiro atoms. The molecule has 0 saturated heterocycles. The number of sulfonamides is 1. The zero-order chi connectivity index (χ0) is 20.6. The maximum atomic E-state index is 12.9. The molecule has 0 bridgehead atoms. The Balaban J connectivity index is 2.35. The van der Waals surface area contributed by atoms with Gasteiger partial charge < -0.3 is 4.57 Å². The lowest BCUT2D eigenvalue weighted by atomic mass is 9.96. The van der Waals surface area contributed by atoms with Gasteiger partial charge in [-0.15, -0.1) is 0 Å². The number of amides is 1. The van der Waals surface area contributed by atoms with Crippen molar-refractivity contribution in [3.8, 4) is 22.4 Å². The molecule has 0 fully saturated rings. The third kappa shape index (κ3) is 4.26. The van der Waals surface area contributed by atoms with Crippen molar-refractivity contribution in [3.63, 3.8) is 0 Å². The zero-order valence-electron chi connectivity index (χ0n) is 15.5. The summed E-state index contributed by atoms with van der Waals surface area (Å²) in [6.07, 6.45) is 0.967. The van der Waals surface area contributed by atoms with Gasteiger partial charge in [0.05, 0.1) is 17.5 Å². The molecule has 1 heterocycles. The molecule has 0 unspecified atom stereocenters. The number of aromatic nitrogens is 1. The van der Waals surface area contributed by atoms with E-state index in [9.17, 15) is 13.2 Å². The maximum Gasteiger partial charge on any atom is 0.267 e. The number of nitrogens with zero attached hydrogens (tertiary/aromatic N) is 1. The van der Waals surface area contributed by atoms with Crippen molar-refractivity contribution in [1.82, 2.24) is 9.29 Å². The van der Waals surface area contributed by atoms with Crippen molar-refractivity contribution in [2.24, 2.45) is 7.05 Å². The van der Waals surface area contributed by atoms with Gasteiger partial charge in [0.2, 0.25) is 10.0 Å². The monoisotopic (exact) mass is 528 g/mol. The first-order valence-electron chi connectivity index (χ1n) is 8.31. The molecule has 3 aromatic rings. The fourth-order valence-corrected chi connectivity index (χ4v) is 4.28. The summed E-state index contributed by atoms with van der Waals surface area (Å²) in [4.78, 5) is 12.9. The molecule has 146 valence electrons. The highest BCUT2D eigenvalue weighted by Gasteiger charge is 2.27. The molecule has 2 aromatic carbocycles. The van der Waals surface area contributed by atoms with E-state index in [0.29, 0.717) is 21.8 Å². The summed E-state index contributed by atoms with van der Waals surface area (Å²) >= 11 is 8.25. The lowest BCUT2D eigenvalue weighted by molar-refractivity contribution is 0.0981. The molecule has 5 nitrogen and oxygen atoms in total. The minimum absolute atomic E-state index is 0.333. The molecule has 1 amide bonds. The fourth-order valence-electron chi connectivity index (χ4n) is 3.17. The van der Waals surface area contributed by atoms with Gasteiger partial charge in [0.15, 0.2) is 0 Å². The molecule has 0 saturated carbocycles. The number of carbonyl (C=O) groups excluding carboxylic acids is 1. The van der Waals surface area contributed by atoms with Crippen LogP contribution < -0.4 is 4.72 Å². The quantitative estimate of drug-likeness (QED) is 0.503. The lowest BCUT2D eigenvalue weighted by Gasteiger charge is -2.11. The van der Waals surface area contributed by atoms with E-state index in [0.717, 1.165) is 26.6 Å². The Morgan fingerprint density at radius 1 is 1.11 bits per heavy atom. The Morgan fingerprint density at radius 3 is 2.32 bits per heavy atom. The smallest absolute Gasteiger partial charge is 0.267 e. The number of benzene rings is 2. The van der Waals surface area contributed by atoms with E-state index < -0.39 is 15.9 Å². The molecule has 8 heteroatoms. The van der Waals surface area contributed by atoms with Crippen molar-refractivity contribution >= 4 is 50.1 Å². The summed E-state index contributed by atoms with van der Waals surface area (Å²) < 4.78 is 28.4. The normalized spacial score (nSPS) is 11.5. The SMILES string of the molecule is Cc1c(C(=O)NS(C)(=O)=O)c(-c2cccc(I)c2)c(-c2ccc(Cl)cc2)n1C. The van der Waals surface area contributed by atoms with Gasteiger partial charge in [0.1, 0.15) is 0 Å². The Hall–Kier alpha value is -1.84. The number of hydrogen-bond acceptors (Lipinski definition) is 3. The average Bonchev–Trinajstić information content (AvgIpc) is 2.86. The standard InChI is InChI=1S/C20H18ClIN2O3S/c1-12-17(20(25)23-28(3,26)27)18(14-5-4-6-16(22)11-14)19(24(12)2)13-7-9-15(21)10-8-13/h4-11H,1-3H3,(H,23,25). The summed E-state index contributed by atoms with van der Waals surface area (Å²) in [7, 11) is -1.84. The van der Waals surface area contributed by atoms with Gasteiger partial charge in [-0.3, -0.25) is 4.79 Å². The topological polar surface area (TPSA) is 68.2 Å². The second-order valence-corrected chi connectivity index (χ2v) is 9.89. The Kier molecular flexibility index (Phi) is 5.88. The maximum absolute atomic E-state index is 12.9. The highest BCUT2D eigenvalue weighted by Crippen LogP contribution is 2.39. The van der Waals surface area contributed by atoms with Crippen molar-refractivity contribution in [3.05, 3.63) is 68.4 Å². The van der Waals surface area contributed by atoms with Crippen molar-refractivity contribution in [1.29, 1.82) is 0 Å². The highest BCUT2D eigenvalue weighted by molar-refractivity contribution is 14.1. The van der Waals surface area contributed by atoms with Crippen LogP contribution in [0.3, 0.4) is 0 Å². The molecule has 3 rings (SSSR count). The third-order valence-electron chi connectivity index (χ3n) is 4.42. The largest absolute Gasteiger partial charge is 0.347 e. The zero-order valence-corrected chi connectivity index (χ0v) is 19.2. The predicted molar refractivity (Wildman–Crippen MR) is 121 cm³/mol. The Labute approximate surface area is 182 Å². The van der Waals surface area contributed by atoms with Crippen LogP contribution in [0, 0.1) is 10.5 Å². The van der Waals surface area contributed by atoms with E-state index in [1.54, 1.807) is 19.1 Å². The van der Waals surface area contributed by atoms with E-state index >= 15 is 0 Å². The van der Waals surface area contributed by atoms with E-state index in [-0.39, 0.29) is 0 Å². The number of halogens is 2. The summed E-state index contributed by atoms with van der Waals surface area (Å²) in [6.45, 7) is 1.80. The van der Waals surface area contributed by atoms with Crippen molar-refractivity contribution in [2.75, 3.05) is 6.26 Å². The predicted octanol–water partition coefficient (Wildman–Crippen LogP) is 4.61. The van der Waals surface area contributed by atoms with Gasteiger partial charge in [0.25, 0.3) is 5.91 Å². The lowest BCUT2D eigenvalue weighted by Crippen LogP contribution is -2.30. The molecule has 0 aliphatic rings. The van der Waals surface area contributed by atoms with Gasteiger partial charge in [-0.05, 0) is 64.9 Å².